The molecule has 4 amide bonds. The fourth-order valence-corrected chi connectivity index (χ4v) is 4.34. The van der Waals surface area contributed by atoms with Gasteiger partial charge in [-0.3, -0.25) is 19.5 Å². The van der Waals surface area contributed by atoms with Crippen LogP contribution in [-0.4, -0.2) is 45.8 Å². The maximum atomic E-state index is 13.6. The number of β-lactam (4-membered cyclic amide) rings is 1. The van der Waals surface area contributed by atoms with E-state index in [1.165, 1.54) is 4.90 Å². The molecule has 0 aliphatic carbocycles. The van der Waals surface area contributed by atoms with Gasteiger partial charge in [-0.2, -0.15) is 0 Å². The number of pyridine rings is 2. The molecule has 1 aliphatic heterocycles. The van der Waals surface area contributed by atoms with Gasteiger partial charge in [0.25, 0.3) is 5.91 Å². The number of imide groups is 1. The maximum Gasteiger partial charge on any atom is 0.325 e. The number of rotatable bonds is 7. The number of likely N-dealkylation sites (N-methyl/N-ethyl adjacent to an activating group) is 1. The molecule has 3 aromatic rings. The Kier molecular flexibility index (Phi) is 7.05. The van der Waals surface area contributed by atoms with E-state index >= 15 is 0 Å². The van der Waals surface area contributed by atoms with E-state index in [0.717, 1.165) is 16.0 Å². The van der Waals surface area contributed by atoms with Crippen molar-refractivity contribution in [1.82, 2.24) is 20.2 Å². The van der Waals surface area contributed by atoms with Crippen LogP contribution in [0.3, 0.4) is 0 Å². The molecule has 2 aromatic heterocycles. The van der Waals surface area contributed by atoms with Crippen LogP contribution >= 0.6 is 0 Å². The molecule has 0 saturated carbocycles. The lowest BCUT2D eigenvalue weighted by molar-refractivity contribution is -0.156. The van der Waals surface area contributed by atoms with Crippen molar-refractivity contribution in [2.75, 3.05) is 17.7 Å². The first kappa shape index (κ1) is 23.9. The highest BCUT2D eigenvalue weighted by Crippen LogP contribution is 2.33. The van der Waals surface area contributed by atoms with Crippen molar-refractivity contribution in [3.8, 4) is 0 Å². The number of nitrogens with two attached hydrogens (primary N) is 1. The van der Waals surface area contributed by atoms with Crippen LogP contribution in [0.1, 0.15) is 30.5 Å². The van der Waals surface area contributed by atoms with Crippen LogP contribution in [0.5, 0.6) is 0 Å². The minimum atomic E-state index is -0.947. The van der Waals surface area contributed by atoms with Crippen LogP contribution in [0, 0.1) is 5.92 Å². The van der Waals surface area contributed by atoms with Crippen LogP contribution in [0.4, 0.5) is 16.3 Å². The summed E-state index contributed by atoms with van der Waals surface area (Å²) in [5, 5.41) is 2.91. The van der Waals surface area contributed by atoms with Gasteiger partial charge in [-0.15, -0.1) is 0 Å². The molecule has 1 saturated heterocycles. The summed E-state index contributed by atoms with van der Waals surface area (Å²) in [5.74, 6) is -1.10. The first-order valence-corrected chi connectivity index (χ1v) is 11.5. The summed E-state index contributed by atoms with van der Waals surface area (Å²) in [4.78, 5) is 50.6. The second-order valence-corrected chi connectivity index (χ2v) is 8.48. The summed E-state index contributed by atoms with van der Waals surface area (Å²) in [6.07, 6.45) is 5.74. The summed E-state index contributed by atoms with van der Waals surface area (Å²) in [7, 11) is 1.64. The predicted octanol–water partition coefficient (Wildman–Crippen LogP) is 2.95. The molecule has 9 heteroatoms. The molecular weight excluding hydrogens is 444 g/mol. The summed E-state index contributed by atoms with van der Waals surface area (Å²) in [6, 6.07) is 14.3. The minimum Gasteiger partial charge on any atom is -0.384 e. The zero-order valence-corrected chi connectivity index (χ0v) is 19.7. The monoisotopic (exact) mass is 472 g/mol. The van der Waals surface area contributed by atoms with Crippen molar-refractivity contribution in [3.05, 3.63) is 84.3 Å². The third-order valence-electron chi connectivity index (χ3n) is 6.28. The average molecular weight is 473 g/mol. The lowest BCUT2D eigenvalue weighted by Gasteiger charge is -2.46. The summed E-state index contributed by atoms with van der Waals surface area (Å²) < 4.78 is 0. The summed E-state index contributed by atoms with van der Waals surface area (Å²) >= 11 is 0. The van der Waals surface area contributed by atoms with E-state index in [0.29, 0.717) is 17.9 Å². The number of carbonyl (C=O) groups excluding carboxylic acids is 3. The molecule has 4 rings (SSSR count). The Labute approximate surface area is 204 Å². The minimum absolute atomic E-state index is 0.274. The number of nitrogens with one attached hydrogen (secondary N) is 1. The van der Waals surface area contributed by atoms with E-state index < -0.39 is 23.9 Å². The van der Waals surface area contributed by atoms with Crippen molar-refractivity contribution < 1.29 is 14.4 Å². The molecular formula is C26H28N6O3. The number of benzene rings is 1. The lowest BCUT2D eigenvalue weighted by atomic mass is 9.81. The zero-order chi connectivity index (χ0) is 24.9. The SMILES string of the molecule is CC[C@@H](NC(=O)N1C(=O)C(Cc2ccnc(N)c2)[C@H]1C(=O)N(C)c1ccccc1)c1ccncc1. The Hall–Kier alpha value is -4.27. The average Bonchev–Trinajstić information content (AvgIpc) is 2.89. The van der Waals surface area contributed by atoms with Crippen LogP contribution in [0.25, 0.3) is 0 Å². The predicted molar refractivity (Wildman–Crippen MR) is 132 cm³/mol. The molecule has 0 spiro atoms. The molecule has 1 unspecified atom stereocenters. The Bertz CT molecular complexity index is 1200. The normalized spacial score (nSPS) is 17.9. The Balaban J connectivity index is 1.59. The molecule has 180 valence electrons. The molecule has 3 N–H and O–H groups in total. The Morgan fingerprint density at radius 3 is 2.49 bits per heavy atom. The molecule has 0 bridgehead atoms. The lowest BCUT2D eigenvalue weighted by Crippen LogP contribution is -2.70. The van der Waals surface area contributed by atoms with Gasteiger partial charge in [0.2, 0.25) is 5.91 Å². The second kappa shape index (κ2) is 10.3. The van der Waals surface area contributed by atoms with Gasteiger partial charge in [-0.05, 0) is 60.4 Å². The third kappa shape index (κ3) is 4.98. The van der Waals surface area contributed by atoms with Crippen molar-refractivity contribution >= 4 is 29.4 Å². The number of likely N-dealkylation sites (tertiary alicyclic amines) is 1. The number of carbonyl (C=O) groups is 3. The van der Waals surface area contributed by atoms with E-state index in [4.69, 9.17) is 5.73 Å². The molecule has 1 aliphatic rings. The number of aromatic nitrogens is 2. The highest BCUT2D eigenvalue weighted by molar-refractivity contribution is 6.12. The maximum absolute atomic E-state index is 13.6. The van der Waals surface area contributed by atoms with Crippen LogP contribution in [-0.2, 0) is 16.0 Å². The Morgan fingerprint density at radius 1 is 1.11 bits per heavy atom. The van der Waals surface area contributed by atoms with Crippen LogP contribution < -0.4 is 16.0 Å². The third-order valence-corrected chi connectivity index (χ3v) is 6.28. The number of hydrogen-bond donors (Lipinski definition) is 2. The van der Waals surface area contributed by atoms with Crippen LogP contribution in [0.15, 0.2) is 73.2 Å². The quantitative estimate of drug-likeness (QED) is 0.510. The molecule has 35 heavy (non-hydrogen) atoms. The fourth-order valence-electron chi connectivity index (χ4n) is 4.34. The van der Waals surface area contributed by atoms with Crippen molar-refractivity contribution in [2.45, 2.75) is 31.8 Å². The number of anilines is 2. The fraction of sp³-hybridized carbons (Fsp3) is 0.269. The van der Waals surface area contributed by atoms with Crippen molar-refractivity contribution in [2.24, 2.45) is 5.92 Å². The molecule has 3 heterocycles. The van der Waals surface area contributed by atoms with Gasteiger partial charge in [0, 0.05) is 31.3 Å². The number of hydrogen-bond acceptors (Lipinski definition) is 6. The van der Waals surface area contributed by atoms with Gasteiger partial charge in [0.1, 0.15) is 11.9 Å². The molecule has 3 atom stereocenters. The molecule has 1 aromatic carbocycles. The number of urea groups is 1. The van der Waals surface area contributed by atoms with Gasteiger partial charge in [0.15, 0.2) is 0 Å². The number of para-hydroxylation sites is 1. The highest BCUT2D eigenvalue weighted by atomic mass is 16.2. The molecule has 1 fully saturated rings. The van der Waals surface area contributed by atoms with Gasteiger partial charge >= 0.3 is 6.03 Å². The van der Waals surface area contributed by atoms with Gasteiger partial charge < -0.3 is 16.0 Å². The summed E-state index contributed by atoms with van der Waals surface area (Å²) in [5.41, 5.74) is 8.12. The standard InChI is InChI=1S/C26H28N6O3/c1-3-21(18-10-12-28-13-11-18)30-26(35)32-23(25(34)31(2)19-7-5-4-6-8-19)20(24(32)33)15-17-9-14-29-22(27)16-17/h4-14,16,20-21,23H,3,15H2,1-2H3,(H2,27,29)(H,30,35)/t20?,21-,23+/m1/s1. The first-order valence-electron chi connectivity index (χ1n) is 11.5. The van der Waals surface area contributed by atoms with E-state index in [1.807, 2.05) is 37.3 Å². The van der Waals surface area contributed by atoms with E-state index in [-0.39, 0.29) is 18.4 Å². The second-order valence-electron chi connectivity index (χ2n) is 8.48. The summed E-state index contributed by atoms with van der Waals surface area (Å²) in [6.45, 7) is 1.94. The van der Waals surface area contributed by atoms with Gasteiger partial charge in [0.05, 0.1) is 12.0 Å². The Morgan fingerprint density at radius 2 is 1.83 bits per heavy atom. The molecule has 0 radical (unpaired) electrons. The number of nitrogens with zero attached hydrogens (tertiary/aromatic N) is 4. The van der Waals surface area contributed by atoms with Gasteiger partial charge in [-0.25, -0.2) is 9.78 Å². The topological polar surface area (TPSA) is 122 Å². The van der Waals surface area contributed by atoms with Crippen molar-refractivity contribution in [3.63, 3.8) is 0 Å². The van der Waals surface area contributed by atoms with Gasteiger partial charge in [-0.1, -0.05) is 25.1 Å². The van der Waals surface area contributed by atoms with E-state index in [9.17, 15) is 14.4 Å². The number of nitrogen functional groups attached to an aromatic ring is 1. The van der Waals surface area contributed by atoms with Crippen molar-refractivity contribution in [1.29, 1.82) is 0 Å². The van der Waals surface area contributed by atoms with E-state index in [2.05, 4.69) is 15.3 Å². The zero-order valence-electron chi connectivity index (χ0n) is 19.7. The van der Waals surface area contributed by atoms with E-state index in [1.54, 1.807) is 49.9 Å². The largest absolute Gasteiger partial charge is 0.384 e. The number of amides is 4. The first-order chi connectivity index (χ1) is 16.9. The highest BCUT2D eigenvalue weighted by Gasteiger charge is 2.55. The van der Waals surface area contributed by atoms with Crippen LogP contribution in [0.2, 0.25) is 0 Å². The smallest absolute Gasteiger partial charge is 0.325 e. The molecule has 9 nitrogen and oxygen atoms in total.